The Labute approximate surface area is 169 Å². The average molecular weight is 416 g/mol. The zero-order chi connectivity index (χ0) is 21.3. The van der Waals surface area contributed by atoms with Crippen molar-refractivity contribution in [3.63, 3.8) is 0 Å². The van der Waals surface area contributed by atoms with Crippen molar-refractivity contribution in [2.45, 2.75) is 13.3 Å². The zero-order valence-corrected chi connectivity index (χ0v) is 15.7. The summed E-state index contributed by atoms with van der Waals surface area (Å²) < 4.78 is 57.1. The van der Waals surface area contributed by atoms with E-state index in [9.17, 15) is 17.6 Å². The number of hydrazine groups is 1. The summed E-state index contributed by atoms with van der Waals surface area (Å²) in [7, 11) is 0. The number of alkyl halides is 3. The minimum Gasteiger partial charge on any atom is -0.406 e. The molecule has 0 radical (unpaired) electrons. The third-order valence-corrected chi connectivity index (χ3v) is 4.45. The van der Waals surface area contributed by atoms with Crippen LogP contribution in [0.15, 0.2) is 73.1 Å². The first-order chi connectivity index (χ1) is 14.3. The SMILES string of the molecule is Cc1c(F)cccc1-n1nccc1C1=CC=CN(c2cccc(OC(F)(F)F)c2)N1. The fraction of sp³-hybridized carbons (Fsp3) is 0.0952. The van der Waals surface area contributed by atoms with Gasteiger partial charge in [-0.1, -0.05) is 12.1 Å². The van der Waals surface area contributed by atoms with Crippen LogP contribution in [-0.4, -0.2) is 16.1 Å². The first-order valence-corrected chi connectivity index (χ1v) is 8.92. The van der Waals surface area contributed by atoms with Crippen LogP contribution in [0.4, 0.5) is 23.2 Å². The lowest BCUT2D eigenvalue weighted by atomic mass is 10.1. The van der Waals surface area contributed by atoms with E-state index in [2.05, 4.69) is 15.3 Å². The van der Waals surface area contributed by atoms with E-state index in [-0.39, 0.29) is 11.6 Å². The van der Waals surface area contributed by atoms with Gasteiger partial charge in [-0.15, -0.1) is 13.2 Å². The smallest absolute Gasteiger partial charge is 0.406 e. The van der Waals surface area contributed by atoms with Crippen molar-refractivity contribution < 1.29 is 22.3 Å². The Morgan fingerprint density at radius 1 is 1.07 bits per heavy atom. The molecule has 154 valence electrons. The Bertz CT molecular complexity index is 1130. The Hall–Kier alpha value is -3.75. The van der Waals surface area contributed by atoms with Crippen LogP contribution in [0.1, 0.15) is 11.3 Å². The number of benzene rings is 2. The van der Waals surface area contributed by atoms with Gasteiger partial charge in [0.25, 0.3) is 0 Å². The van der Waals surface area contributed by atoms with Crippen LogP contribution in [0.2, 0.25) is 0 Å². The number of ether oxygens (including phenoxy) is 1. The predicted octanol–water partition coefficient (Wildman–Crippen LogP) is 5.10. The van der Waals surface area contributed by atoms with Gasteiger partial charge in [-0.05, 0) is 49.4 Å². The number of hydrogen-bond donors (Lipinski definition) is 1. The van der Waals surface area contributed by atoms with Gasteiger partial charge in [0.15, 0.2) is 0 Å². The van der Waals surface area contributed by atoms with Gasteiger partial charge >= 0.3 is 6.36 Å². The lowest BCUT2D eigenvalue weighted by Crippen LogP contribution is -2.34. The molecule has 2 aromatic carbocycles. The van der Waals surface area contributed by atoms with Crippen LogP contribution in [0.25, 0.3) is 11.4 Å². The third kappa shape index (κ3) is 4.00. The van der Waals surface area contributed by atoms with Crippen molar-refractivity contribution in [3.8, 4) is 11.4 Å². The number of nitrogens with one attached hydrogen (secondary N) is 1. The van der Waals surface area contributed by atoms with Crippen molar-refractivity contribution in [1.29, 1.82) is 0 Å². The van der Waals surface area contributed by atoms with Crippen LogP contribution in [0.5, 0.6) is 5.75 Å². The van der Waals surface area contributed by atoms with Gasteiger partial charge in [0.2, 0.25) is 0 Å². The van der Waals surface area contributed by atoms with Crippen molar-refractivity contribution in [2.75, 3.05) is 5.01 Å². The van der Waals surface area contributed by atoms with E-state index in [0.29, 0.717) is 28.3 Å². The highest BCUT2D eigenvalue weighted by Gasteiger charge is 2.31. The van der Waals surface area contributed by atoms with E-state index < -0.39 is 6.36 Å². The Balaban J connectivity index is 1.62. The topological polar surface area (TPSA) is 42.3 Å². The number of nitrogens with zero attached hydrogens (tertiary/aromatic N) is 3. The summed E-state index contributed by atoms with van der Waals surface area (Å²) in [6, 6.07) is 12.1. The molecule has 1 N–H and O–H groups in total. The summed E-state index contributed by atoms with van der Waals surface area (Å²) in [5.74, 6) is -0.672. The van der Waals surface area contributed by atoms with Crippen LogP contribution in [-0.2, 0) is 0 Å². The number of anilines is 1. The molecule has 2 heterocycles. The second kappa shape index (κ2) is 7.58. The van der Waals surface area contributed by atoms with Crippen molar-refractivity contribution >= 4 is 11.4 Å². The van der Waals surface area contributed by atoms with Gasteiger partial charge in [0, 0.05) is 17.8 Å². The van der Waals surface area contributed by atoms with Gasteiger partial charge in [0.1, 0.15) is 11.6 Å². The second-order valence-electron chi connectivity index (χ2n) is 6.46. The van der Waals surface area contributed by atoms with E-state index in [4.69, 9.17) is 0 Å². The second-order valence-corrected chi connectivity index (χ2v) is 6.46. The van der Waals surface area contributed by atoms with Crippen molar-refractivity contribution in [1.82, 2.24) is 15.2 Å². The number of allylic oxidation sites excluding steroid dienone is 2. The van der Waals surface area contributed by atoms with Gasteiger partial charge in [-0.25, -0.2) is 9.07 Å². The molecule has 1 aliphatic heterocycles. The lowest BCUT2D eigenvalue weighted by molar-refractivity contribution is -0.274. The molecule has 1 aliphatic rings. The van der Waals surface area contributed by atoms with E-state index in [1.54, 1.807) is 65.4 Å². The molecule has 0 saturated heterocycles. The molecule has 9 heteroatoms. The number of aromatic nitrogens is 2. The lowest BCUT2D eigenvalue weighted by Gasteiger charge is -2.27. The predicted molar refractivity (Wildman–Crippen MR) is 104 cm³/mol. The zero-order valence-electron chi connectivity index (χ0n) is 15.7. The molecule has 0 fully saturated rings. The van der Waals surface area contributed by atoms with Crippen LogP contribution in [0, 0.1) is 12.7 Å². The minimum absolute atomic E-state index is 0.327. The number of halogens is 4. The average Bonchev–Trinajstić information content (AvgIpc) is 3.19. The van der Waals surface area contributed by atoms with E-state index in [1.165, 1.54) is 24.3 Å². The van der Waals surface area contributed by atoms with Gasteiger partial charge in [0.05, 0.1) is 29.0 Å². The maximum absolute atomic E-state index is 14.0. The van der Waals surface area contributed by atoms with Crippen LogP contribution in [0.3, 0.4) is 0 Å². The molecule has 0 amide bonds. The maximum Gasteiger partial charge on any atom is 0.573 e. The summed E-state index contributed by atoms with van der Waals surface area (Å²) in [5, 5.41) is 5.85. The fourth-order valence-electron chi connectivity index (χ4n) is 3.08. The van der Waals surface area contributed by atoms with E-state index in [0.717, 1.165) is 0 Å². The first-order valence-electron chi connectivity index (χ1n) is 8.92. The monoisotopic (exact) mass is 416 g/mol. The highest BCUT2D eigenvalue weighted by Crippen LogP contribution is 2.29. The molecule has 4 rings (SSSR count). The molecule has 5 nitrogen and oxygen atoms in total. The van der Waals surface area contributed by atoms with Gasteiger partial charge < -0.3 is 4.74 Å². The number of rotatable bonds is 4. The fourth-order valence-corrected chi connectivity index (χ4v) is 3.08. The van der Waals surface area contributed by atoms with E-state index >= 15 is 0 Å². The molecule has 1 aromatic heterocycles. The molecule has 0 aliphatic carbocycles. The molecular weight excluding hydrogens is 400 g/mol. The molecule has 3 aromatic rings. The normalized spacial score (nSPS) is 13.8. The van der Waals surface area contributed by atoms with Crippen molar-refractivity contribution in [3.05, 3.63) is 90.2 Å². The largest absolute Gasteiger partial charge is 0.573 e. The standard InChI is InChI=1S/C21H16F4N4O/c1-14-17(22)7-3-9-19(14)29-20(10-11-26-29)18-8-4-12-28(27-18)15-5-2-6-16(13-15)30-21(23,24)25/h2-13,27H,1H3. The summed E-state index contributed by atoms with van der Waals surface area (Å²) in [4.78, 5) is 0. The molecule has 30 heavy (non-hydrogen) atoms. The molecular formula is C21H16F4N4O. The van der Waals surface area contributed by atoms with Gasteiger partial charge in [-0.3, -0.25) is 10.4 Å². The third-order valence-electron chi connectivity index (χ3n) is 4.45. The van der Waals surface area contributed by atoms with Crippen LogP contribution >= 0.6 is 0 Å². The first kappa shape index (κ1) is 19.6. The molecule has 0 bridgehead atoms. The maximum atomic E-state index is 14.0. The molecule has 0 unspecified atom stereocenters. The number of hydrogen-bond acceptors (Lipinski definition) is 4. The van der Waals surface area contributed by atoms with Gasteiger partial charge in [-0.2, -0.15) is 5.10 Å². The summed E-state index contributed by atoms with van der Waals surface area (Å²) in [6.07, 6.45) is 1.99. The molecule has 0 saturated carbocycles. The molecule has 0 atom stereocenters. The summed E-state index contributed by atoms with van der Waals surface area (Å²) in [5.41, 5.74) is 5.87. The minimum atomic E-state index is -4.77. The van der Waals surface area contributed by atoms with Crippen LogP contribution < -0.4 is 15.2 Å². The summed E-state index contributed by atoms with van der Waals surface area (Å²) >= 11 is 0. The van der Waals surface area contributed by atoms with E-state index in [1.807, 2.05) is 0 Å². The quantitative estimate of drug-likeness (QED) is 0.601. The Morgan fingerprint density at radius 2 is 1.87 bits per heavy atom. The molecule has 0 spiro atoms. The van der Waals surface area contributed by atoms with Crippen molar-refractivity contribution in [2.24, 2.45) is 0 Å². The Morgan fingerprint density at radius 3 is 2.67 bits per heavy atom. The summed E-state index contributed by atoms with van der Waals surface area (Å²) in [6.45, 7) is 1.66. The highest BCUT2D eigenvalue weighted by atomic mass is 19.4. The Kier molecular flexibility index (Phi) is 4.94. The highest BCUT2D eigenvalue weighted by molar-refractivity contribution is 5.70.